The Morgan fingerprint density at radius 3 is 2.10 bits per heavy atom. The molecular weight excluding hydrogens is 346 g/mol. The van der Waals surface area contributed by atoms with Gasteiger partial charge in [-0.05, 0) is 36.4 Å². The van der Waals surface area contributed by atoms with Crippen LogP contribution in [0.5, 0.6) is 0 Å². The maximum absolute atomic E-state index is 13.4. The first kappa shape index (κ1) is 15.1. The number of carbonyl (C=O) groups excluding carboxylic acids is 2. The summed E-state index contributed by atoms with van der Waals surface area (Å²) >= 11 is 3.23. The van der Waals surface area contributed by atoms with Gasteiger partial charge < -0.3 is 5.32 Å². The lowest BCUT2D eigenvalue weighted by Gasteiger charge is -2.08. The average molecular weight is 355 g/mol. The standard InChI is InChI=1S/C14H9BrF2N2O2/c15-8-4-6-9(7-5-8)18-14(21)19-13(20)12-10(16)2-1-3-11(12)17/h1-7H,(H2,18,19,20,21). The molecule has 2 aromatic carbocycles. The van der Waals surface area contributed by atoms with Crippen LogP contribution in [0.25, 0.3) is 0 Å². The fourth-order valence-electron chi connectivity index (χ4n) is 1.58. The molecule has 0 aliphatic heterocycles. The molecule has 0 spiro atoms. The summed E-state index contributed by atoms with van der Waals surface area (Å²) in [7, 11) is 0. The summed E-state index contributed by atoms with van der Waals surface area (Å²) in [4.78, 5) is 23.3. The second-order valence-corrected chi connectivity index (χ2v) is 4.93. The van der Waals surface area contributed by atoms with E-state index in [0.29, 0.717) is 5.69 Å². The van der Waals surface area contributed by atoms with Gasteiger partial charge in [0.25, 0.3) is 5.91 Å². The molecule has 0 aliphatic carbocycles. The minimum atomic E-state index is -1.15. The van der Waals surface area contributed by atoms with Gasteiger partial charge in [0.1, 0.15) is 17.2 Å². The van der Waals surface area contributed by atoms with E-state index < -0.39 is 29.1 Å². The molecule has 0 heterocycles. The van der Waals surface area contributed by atoms with Gasteiger partial charge in [0.05, 0.1) is 0 Å². The van der Waals surface area contributed by atoms with E-state index in [0.717, 1.165) is 22.7 Å². The number of urea groups is 1. The maximum atomic E-state index is 13.4. The Hall–Kier alpha value is -2.28. The van der Waals surface area contributed by atoms with E-state index in [9.17, 15) is 18.4 Å². The number of anilines is 1. The number of hydrogen-bond donors (Lipinski definition) is 2. The molecule has 108 valence electrons. The van der Waals surface area contributed by atoms with Crippen LogP contribution in [0.3, 0.4) is 0 Å². The monoisotopic (exact) mass is 354 g/mol. The van der Waals surface area contributed by atoms with E-state index in [2.05, 4.69) is 21.2 Å². The number of nitrogens with one attached hydrogen (secondary N) is 2. The summed E-state index contributed by atoms with van der Waals surface area (Å²) in [6, 6.07) is 8.68. The molecule has 0 atom stereocenters. The number of halogens is 3. The van der Waals surface area contributed by atoms with Gasteiger partial charge in [-0.2, -0.15) is 0 Å². The van der Waals surface area contributed by atoms with Crippen molar-refractivity contribution in [3.05, 3.63) is 64.1 Å². The van der Waals surface area contributed by atoms with Crippen molar-refractivity contribution in [2.45, 2.75) is 0 Å². The van der Waals surface area contributed by atoms with Gasteiger partial charge >= 0.3 is 6.03 Å². The lowest BCUT2D eigenvalue weighted by Crippen LogP contribution is -2.35. The molecule has 7 heteroatoms. The molecule has 4 nitrogen and oxygen atoms in total. The van der Waals surface area contributed by atoms with E-state index in [4.69, 9.17) is 0 Å². The SMILES string of the molecule is O=C(NC(=O)c1c(F)cccc1F)Nc1ccc(Br)cc1. The van der Waals surface area contributed by atoms with Crippen molar-refractivity contribution in [3.63, 3.8) is 0 Å². The van der Waals surface area contributed by atoms with E-state index in [-0.39, 0.29) is 0 Å². The number of imide groups is 1. The van der Waals surface area contributed by atoms with Crippen LogP contribution in [0.2, 0.25) is 0 Å². The Labute approximate surface area is 127 Å². The van der Waals surface area contributed by atoms with Gasteiger partial charge in [0, 0.05) is 10.2 Å². The van der Waals surface area contributed by atoms with Crippen molar-refractivity contribution < 1.29 is 18.4 Å². The maximum Gasteiger partial charge on any atom is 0.326 e. The number of rotatable bonds is 2. The fraction of sp³-hybridized carbons (Fsp3) is 0. The van der Waals surface area contributed by atoms with E-state index in [1.54, 1.807) is 24.3 Å². The second-order valence-electron chi connectivity index (χ2n) is 4.01. The van der Waals surface area contributed by atoms with Gasteiger partial charge in [-0.15, -0.1) is 0 Å². The highest BCUT2D eigenvalue weighted by Crippen LogP contribution is 2.14. The fourth-order valence-corrected chi connectivity index (χ4v) is 1.84. The average Bonchev–Trinajstić information content (AvgIpc) is 2.41. The summed E-state index contributed by atoms with van der Waals surface area (Å²) < 4.78 is 27.6. The van der Waals surface area contributed by atoms with Gasteiger partial charge in [-0.25, -0.2) is 13.6 Å². The molecule has 2 aromatic rings. The number of amides is 3. The highest BCUT2D eigenvalue weighted by molar-refractivity contribution is 9.10. The summed E-state index contributed by atoms with van der Waals surface area (Å²) in [6.07, 6.45) is 0. The van der Waals surface area contributed by atoms with Gasteiger partial charge in [0.2, 0.25) is 0 Å². The second kappa shape index (κ2) is 6.45. The molecule has 0 fully saturated rings. The molecule has 0 aliphatic rings. The summed E-state index contributed by atoms with van der Waals surface area (Å²) in [5, 5.41) is 4.23. The lowest BCUT2D eigenvalue weighted by molar-refractivity contribution is 0.0959. The van der Waals surface area contributed by atoms with Crippen LogP contribution < -0.4 is 10.6 Å². The minimum absolute atomic E-state index is 0.428. The third-order valence-electron chi connectivity index (χ3n) is 2.52. The van der Waals surface area contributed by atoms with Crippen molar-refractivity contribution in [1.82, 2.24) is 5.32 Å². The van der Waals surface area contributed by atoms with Gasteiger partial charge in [-0.1, -0.05) is 22.0 Å². The number of carbonyl (C=O) groups is 2. The van der Waals surface area contributed by atoms with Crippen LogP contribution >= 0.6 is 15.9 Å². The molecule has 2 rings (SSSR count). The quantitative estimate of drug-likeness (QED) is 0.863. The van der Waals surface area contributed by atoms with Gasteiger partial charge in [-0.3, -0.25) is 10.1 Å². The van der Waals surface area contributed by atoms with Crippen molar-refractivity contribution in [2.75, 3.05) is 5.32 Å². The Morgan fingerprint density at radius 2 is 1.52 bits per heavy atom. The highest BCUT2D eigenvalue weighted by Gasteiger charge is 2.19. The smallest absolute Gasteiger partial charge is 0.308 e. The Kier molecular flexibility index (Phi) is 4.64. The van der Waals surface area contributed by atoms with Crippen molar-refractivity contribution >= 4 is 33.6 Å². The van der Waals surface area contributed by atoms with E-state index in [1.165, 1.54) is 0 Å². The normalized spacial score (nSPS) is 10.0. The van der Waals surface area contributed by atoms with E-state index >= 15 is 0 Å². The molecule has 0 saturated heterocycles. The number of benzene rings is 2. The topological polar surface area (TPSA) is 58.2 Å². The van der Waals surface area contributed by atoms with Crippen LogP contribution in [0.15, 0.2) is 46.9 Å². The number of hydrogen-bond acceptors (Lipinski definition) is 2. The Bertz CT molecular complexity index is 670. The molecule has 3 amide bonds. The van der Waals surface area contributed by atoms with Crippen LogP contribution in [0.4, 0.5) is 19.3 Å². The summed E-state index contributed by atoms with van der Waals surface area (Å²) in [5.74, 6) is -3.23. The minimum Gasteiger partial charge on any atom is -0.308 e. The Morgan fingerprint density at radius 1 is 0.952 bits per heavy atom. The zero-order valence-corrected chi connectivity index (χ0v) is 12.1. The molecule has 0 saturated carbocycles. The largest absolute Gasteiger partial charge is 0.326 e. The molecule has 0 radical (unpaired) electrons. The molecule has 0 unspecified atom stereocenters. The van der Waals surface area contributed by atoms with Crippen LogP contribution in [0.1, 0.15) is 10.4 Å². The van der Waals surface area contributed by atoms with E-state index in [1.807, 2.05) is 5.32 Å². The molecule has 0 aromatic heterocycles. The van der Waals surface area contributed by atoms with Crippen molar-refractivity contribution in [3.8, 4) is 0 Å². The highest BCUT2D eigenvalue weighted by atomic mass is 79.9. The van der Waals surface area contributed by atoms with Crippen LogP contribution in [0, 0.1) is 11.6 Å². The summed E-state index contributed by atoms with van der Waals surface area (Å²) in [5.41, 5.74) is -0.374. The zero-order chi connectivity index (χ0) is 15.4. The molecule has 0 bridgehead atoms. The van der Waals surface area contributed by atoms with Crippen LogP contribution in [-0.4, -0.2) is 11.9 Å². The first-order valence-electron chi connectivity index (χ1n) is 5.79. The third-order valence-corrected chi connectivity index (χ3v) is 3.05. The molecule has 2 N–H and O–H groups in total. The summed E-state index contributed by atoms with van der Waals surface area (Å²) in [6.45, 7) is 0. The molecular formula is C14H9BrF2N2O2. The van der Waals surface area contributed by atoms with Gasteiger partial charge in [0.15, 0.2) is 0 Å². The predicted molar refractivity (Wildman–Crippen MR) is 77.0 cm³/mol. The first-order valence-corrected chi connectivity index (χ1v) is 6.58. The van der Waals surface area contributed by atoms with Crippen molar-refractivity contribution in [1.29, 1.82) is 0 Å². The predicted octanol–water partition coefficient (Wildman–Crippen LogP) is 3.69. The zero-order valence-electron chi connectivity index (χ0n) is 10.5. The van der Waals surface area contributed by atoms with Crippen molar-refractivity contribution in [2.24, 2.45) is 0 Å². The van der Waals surface area contributed by atoms with Crippen LogP contribution in [-0.2, 0) is 0 Å². The third kappa shape index (κ3) is 3.85. The molecule has 21 heavy (non-hydrogen) atoms. The Balaban J connectivity index is 2.06. The lowest BCUT2D eigenvalue weighted by atomic mass is 10.2. The first-order chi connectivity index (χ1) is 9.97.